The highest BCUT2D eigenvalue weighted by atomic mass is 19.4. The molecule has 1 saturated carbocycles. The van der Waals surface area contributed by atoms with Crippen LogP contribution in [0, 0.1) is 5.92 Å². The van der Waals surface area contributed by atoms with Crippen molar-refractivity contribution in [2.24, 2.45) is 5.92 Å². The van der Waals surface area contributed by atoms with Gasteiger partial charge in [-0.1, -0.05) is 6.07 Å². The Morgan fingerprint density at radius 2 is 1.94 bits per heavy atom. The van der Waals surface area contributed by atoms with Gasteiger partial charge in [-0.3, -0.25) is 14.5 Å². The van der Waals surface area contributed by atoms with E-state index in [4.69, 9.17) is 9.84 Å². The molecule has 2 unspecified atom stereocenters. The molecule has 0 radical (unpaired) electrons. The van der Waals surface area contributed by atoms with Crippen molar-refractivity contribution in [2.75, 3.05) is 24.7 Å². The topological polar surface area (TPSA) is 96.7 Å². The van der Waals surface area contributed by atoms with Crippen LogP contribution in [-0.4, -0.2) is 52.5 Å². The summed E-state index contributed by atoms with van der Waals surface area (Å²) in [5.41, 5.74) is 0.128. The summed E-state index contributed by atoms with van der Waals surface area (Å²) in [6, 6.07) is 3.22. The van der Waals surface area contributed by atoms with Crippen molar-refractivity contribution < 1.29 is 32.6 Å². The molecular weight excluding hydrogens is 477 g/mol. The Bertz CT molecular complexity index is 1150. The summed E-state index contributed by atoms with van der Waals surface area (Å²) in [4.78, 5) is 28.5. The molecule has 5 rings (SSSR count). The Balaban J connectivity index is 1.54. The highest BCUT2D eigenvalue weighted by molar-refractivity contribution is 6.05. The van der Waals surface area contributed by atoms with E-state index >= 15 is 0 Å². The lowest BCUT2D eigenvalue weighted by Gasteiger charge is -2.39. The summed E-state index contributed by atoms with van der Waals surface area (Å²) in [5.74, 6) is -0.719. The molecule has 1 saturated heterocycles. The SMILES string of the molecule is CCN1C(=O)C(NC(=O)c2cccc(C(F)(F)F)c2)C(C2CC2)c2c(CO)nn(C3CCOCC3)c21. The predicted molar refractivity (Wildman–Crippen MR) is 123 cm³/mol. The van der Waals surface area contributed by atoms with Crippen molar-refractivity contribution in [3.63, 3.8) is 0 Å². The van der Waals surface area contributed by atoms with Crippen LogP contribution in [-0.2, 0) is 22.3 Å². The van der Waals surface area contributed by atoms with Gasteiger partial charge in [0, 0.05) is 36.8 Å². The summed E-state index contributed by atoms with van der Waals surface area (Å²) in [6.07, 6.45) is -1.42. The first-order valence-corrected chi connectivity index (χ1v) is 12.3. The Kier molecular flexibility index (Phi) is 6.54. The predicted octanol–water partition coefficient (Wildman–Crippen LogP) is 3.40. The maximum Gasteiger partial charge on any atom is 0.416 e. The minimum absolute atomic E-state index is 0.0192. The van der Waals surface area contributed by atoms with Gasteiger partial charge in [0.25, 0.3) is 11.8 Å². The van der Waals surface area contributed by atoms with E-state index < -0.39 is 29.6 Å². The van der Waals surface area contributed by atoms with Crippen molar-refractivity contribution in [3.8, 4) is 0 Å². The van der Waals surface area contributed by atoms with Crippen LogP contribution in [0.4, 0.5) is 19.0 Å². The number of fused-ring (bicyclic) bond motifs is 1. The number of aromatic nitrogens is 2. The van der Waals surface area contributed by atoms with Crippen LogP contribution in [0.3, 0.4) is 0 Å². The van der Waals surface area contributed by atoms with Crippen LogP contribution in [0.15, 0.2) is 24.3 Å². The molecule has 11 heteroatoms. The zero-order chi connectivity index (χ0) is 25.6. The molecule has 2 amide bonds. The van der Waals surface area contributed by atoms with E-state index in [9.17, 15) is 27.9 Å². The lowest BCUT2D eigenvalue weighted by Crippen LogP contribution is -2.56. The maximum absolute atomic E-state index is 13.8. The lowest BCUT2D eigenvalue weighted by atomic mass is 9.82. The number of amides is 2. The fourth-order valence-electron chi connectivity index (χ4n) is 5.47. The van der Waals surface area contributed by atoms with Crippen LogP contribution in [0.1, 0.15) is 71.7 Å². The average molecular weight is 507 g/mol. The van der Waals surface area contributed by atoms with Crippen LogP contribution in [0.2, 0.25) is 0 Å². The normalized spacial score (nSPS) is 23.0. The van der Waals surface area contributed by atoms with E-state index in [1.54, 1.807) is 4.90 Å². The second-order valence-corrected chi connectivity index (χ2v) is 9.61. The van der Waals surface area contributed by atoms with Gasteiger partial charge >= 0.3 is 6.18 Å². The van der Waals surface area contributed by atoms with Gasteiger partial charge in [-0.2, -0.15) is 18.3 Å². The van der Waals surface area contributed by atoms with Crippen LogP contribution in [0.25, 0.3) is 0 Å². The number of hydrogen-bond acceptors (Lipinski definition) is 5. The van der Waals surface area contributed by atoms with E-state index in [1.165, 1.54) is 12.1 Å². The number of carbonyl (C=O) groups is 2. The quantitative estimate of drug-likeness (QED) is 0.626. The lowest BCUT2D eigenvalue weighted by molar-refractivity contribution is -0.137. The molecule has 2 aliphatic heterocycles. The first kappa shape index (κ1) is 24.8. The second kappa shape index (κ2) is 9.51. The van der Waals surface area contributed by atoms with Gasteiger partial charge < -0.3 is 15.2 Å². The third-order valence-electron chi connectivity index (χ3n) is 7.35. The number of alkyl halides is 3. The number of hydrogen-bond donors (Lipinski definition) is 2. The number of aliphatic hydroxyl groups excluding tert-OH is 1. The molecule has 2 aromatic rings. The number of nitrogens with zero attached hydrogens (tertiary/aromatic N) is 3. The summed E-state index contributed by atoms with van der Waals surface area (Å²) < 4.78 is 46.9. The number of carbonyl (C=O) groups excluding carboxylic acids is 2. The molecule has 2 atom stereocenters. The molecular formula is C25H29F3N4O4. The molecule has 2 N–H and O–H groups in total. The number of aliphatic hydroxyl groups is 1. The fraction of sp³-hybridized carbons (Fsp3) is 0.560. The third kappa shape index (κ3) is 4.39. The Hall–Kier alpha value is -2.92. The van der Waals surface area contributed by atoms with Crippen molar-refractivity contribution in [1.29, 1.82) is 0 Å². The average Bonchev–Trinajstić information content (AvgIpc) is 3.64. The summed E-state index contributed by atoms with van der Waals surface area (Å²) in [6.45, 7) is 2.98. The molecule has 1 aromatic carbocycles. The molecule has 36 heavy (non-hydrogen) atoms. The molecule has 194 valence electrons. The van der Waals surface area contributed by atoms with Gasteiger partial charge in [-0.15, -0.1) is 0 Å². The highest BCUT2D eigenvalue weighted by Gasteiger charge is 2.51. The summed E-state index contributed by atoms with van der Waals surface area (Å²) in [5, 5.41) is 17.7. The first-order valence-electron chi connectivity index (χ1n) is 12.3. The Morgan fingerprint density at radius 1 is 1.22 bits per heavy atom. The Labute approximate surface area is 206 Å². The van der Waals surface area contributed by atoms with Gasteiger partial charge in [0.1, 0.15) is 11.9 Å². The molecule has 2 fully saturated rings. The number of ether oxygens (including phenoxy) is 1. The van der Waals surface area contributed by atoms with Crippen molar-refractivity contribution in [2.45, 2.75) is 63.4 Å². The first-order chi connectivity index (χ1) is 17.2. The molecule has 0 bridgehead atoms. The number of benzene rings is 1. The minimum Gasteiger partial charge on any atom is -0.390 e. The standard InChI is InChI=1S/C25H29F3N4O4/c1-2-31-23-20(18(13-33)30-32(23)17-8-10-36-11-9-17)19(14-6-7-14)21(24(31)35)29-22(34)15-4-3-5-16(12-15)25(26,27)28/h3-5,12,14,17,19,21,33H,2,6-11,13H2,1H3,(H,29,34). The highest BCUT2D eigenvalue weighted by Crippen LogP contribution is 2.52. The second-order valence-electron chi connectivity index (χ2n) is 9.61. The number of anilines is 1. The summed E-state index contributed by atoms with van der Waals surface area (Å²) in [7, 11) is 0. The van der Waals surface area contributed by atoms with E-state index in [-0.39, 0.29) is 30.0 Å². The molecule has 3 heterocycles. The summed E-state index contributed by atoms with van der Waals surface area (Å²) >= 11 is 0. The molecule has 8 nitrogen and oxygen atoms in total. The van der Waals surface area contributed by atoms with Crippen LogP contribution < -0.4 is 10.2 Å². The van der Waals surface area contributed by atoms with Gasteiger partial charge in [0.15, 0.2) is 0 Å². The van der Waals surface area contributed by atoms with Crippen molar-refractivity contribution >= 4 is 17.6 Å². The minimum atomic E-state index is -4.59. The smallest absolute Gasteiger partial charge is 0.390 e. The van der Waals surface area contributed by atoms with Gasteiger partial charge in [-0.25, -0.2) is 4.68 Å². The Morgan fingerprint density at radius 3 is 2.56 bits per heavy atom. The number of rotatable bonds is 6. The zero-order valence-corrected chi connectivity index (χ0v) is 19.9. The molecule has 3 aliphatic rings. The third-order valence-corrected chi connectivity index (χ3v) is 7.35. The molecule has 0 spiro atoms. The van der Waals surface area contributed by atoms with E-state index in [2.05, 4.69) is 5.32 Å². The maximum atomic E-state index is 13.8. The van der Waals surface area contributed by atoms with Gasteiger partial charge in [-0.05, 0) is 56.7 Å². The van der Waals surface area contributed by atoms with Gasteiger partial charge in [0.2, 0.25) is 0 Å². The number of likely N-dealkylation sites (N-methyl/N-ethyl adjacent to an activating group) is 1. The molecule has 1 aromatic heterocycles. The van der Waals surface area contributed by atoms with E-state index in [0.717, 1.165) is 43.4 Å². The van der Waals surface area contributed by atoms with E-state index in [1.807, 2.05) is 11.6 Å². The van der Waals surface area contributed by atoms with Gasteiger partial charge in [0.05, 0.1) is 23.9 Å². The number of nitrogens with one attached hydrogen (secondary N) is 1. The van der Waals surface area contributed by atoms with E-state index in [0.29, 0.717) is 31.3 Å². The van der Waals surface area contributed by atoms with Crippen molar-refractivity contribution in [1.82, 2.24) is 15.1 Å². The fourth-order valence-corrected chi connectivity index (χ4v) is 5.47. The molecule has 1 aliphatic carbocycles. The zero-order valence-electron chi connectivity index (χ0n) is 19.9. The number of halogens is 3. The van der Waals surface area contributed by atoms with Crippen molar-refractivity contribution in [3.05, 3.63) is 46.6 Å². The van der Waals surface area contributed by atoms with Crippen LogP contribution >= 0.6 is 0 Å². The largest absolute Gasteiger partial charge is 0.416 e. The monoisotopic (exact) mass is 506 g/mol. The van der Waals surface area contributed by atoms with Crippen LogP contribution in [0.5, 0.6) is 0 Å².